The SMILES string of the molecule is CCn1c(=S)[nH]c(=O)c2c(C(=O)O)cc(C3CC3)nc21. The van der Waals surface area contributed by atoms with Crippen molar-refractivity contribution in [3.8, 4) is 0 Å². The zero-order chi connectivity index (χ0) is 14.4. The van der Waals surface area contributed by atoms with Crippen molar-refractivity contribution >= 4 is 29.2 Å². The van der Waals surface area contributed by atoms with Gasteiger partial charge in [0.05, 0.1) is 10.9 Å². The summed E-state index contributed by atoms with van der Waals surface area (Å²) < 4.78 is 1.92. The van der Waals surface area contributed by atoms with Crippen LogP contribution < -0.4 is 5.56 Å². The maximum atomic E-state index is 12.1. The number of carboxylic acid groups (broad SMARTS) is 1. The number of H-pyrrole nitrogens is 1. The van der Waals surface area contributed by atoms with Gasteiger partial charge in [0.2, 0.25) is 0 Å². The Hall–Kier alpha value is -2.02. The number of nitrogens with zero attached hydrogens (tertiary/aromatic N) is 2. The van der Waals surface area contributed by atoms with Crippen LogP contribution in [0, 0.1) is 4.77 Å². The van der Waals surface area contributed by atoms with Crippen molar-refractivity contribution in [1.29, 1.82) is 0 Å². The second kappa shape index (κ2) is 4.52. The van der Waals surface area contributed by atoms with Gasteiger partial charge in [-0.05, 0) is 38.0 Å². The number of pyridine rings is 1. The van der Waals surface area contributed by atoms with E-state index in [2.05, 4.69) is 9.97 Å². The normalized spacial score (nSPS) is 14.7. The van der Waals surface area contributed by atoms with E-state index in [-0.39, 0.29) is 15.7 Å². The van der Waals surface area contributed by atoms with E-state index in [4.69, 9.17) is 12.2 Å². The lowest BCUT2D eigenvalue weighted by Crippen LogP contribution is -2.19. The fraction of sp³-hybridized carbons (Fsp3) is 0.385. The van der Waals surface area contributed by atoms with Gasteiger partial charge in [0.1, 0.15) is 5.65 Å². The van der Waals surface area contributed by atoms with Gasteiger partial charge in [-0.15, -0.1) is 0 Å². The van der Waals surface area contributed by atoms with Gasteiger partial charge >= 0.3 is 5.97 Å². The van der Waals surface area contributed by atoms with Gasteiger partial charge < -0.3 is 9.67 Å². The minimum absolute atomic E-state index is 0.00431. The van der Waals surface area contributed by atoms with Gasteiger partial charge in [-0.1, -0.05) is 0 Å². The number of carboxylic acids is 1. The first kappa shape index (κ1) is 13.0. The fourth-order valence-corrected chi connectivity index (χ4v) is 2.65. The van der Waals surface area contributed by atoms with Crippen molar-refractivity contribution in [2.45, 2.75) is 32.2 Å². The van der Waals surface area contributed by atoms with E-state index in [1.54, 1.807) is 4.57 Å². The third-order valence-electron chi connectivity index (χ3n) is 3.51. The molecule has 0 atom stereocenters. The standard InChI is InChI=1S/C13H13N3O3S/c1-2-16-10-9(11(17)15-13(16)20)7(12(18)19)5-8(14-10)6-3-4-6/h5-6H,2-4H2,1H3,(H,18,19)(H,15,17,20). The number of aryl methyl sites for hydroxylation is 1. The highest BCUT2D eigenvalue weighted by atomic mass is 32.1. The predicted octanol–water partition coefficient (Wildman–Crippen LogP) is 2.05. The van der Waals surface area contributed by atoms with E-state index in [0.717, 1.165) is 18.5 Å². The van der Waals surface area contributed by atoms with E-state index in [9.17, 15) is 14.7 Å². The van der Waals surface area contributed by atoms with E-state index in [0.29, 0.717) is 18.1 Å². The molecular formula is C13H13N3O3S. The number of hydrogen-bond acceptors (Lipinski definition) is 4. The smallest absolute Gasteiger partial charge is 0.336 e. The first-order valence-corrected chi connectivity index (χ1v) is 6.84. The van der Waals surface area contributed by atoms with Gasteiger partial charge in [-0.2, -0.15) is 0 Å². The summed E-state index contributed by atoms with van der Waals surface area (Å²) >= 11 is 5.12. The molecule has 0 bridgehead atoms. The maximum Gasteiger partial charge on any atom is 0.336 e. The Bertz CT molecular complexity index is 833. The van der Waals surface area contributed by atoms with Crippen LogP contribution in [0.4, 0.5) is 0 Å². The molecule has 3 rings (SSSR count). The number of carbonyl (C=O) groups is 1. The molecule has 1 aliphatic carbocycles. The summed E-state index contributed by atoms with van der Waals surface area (Å²) in [5, 5.41) is 9.45. The average molecular weight is 291 g/mol. The quantitative estimate of drug-likeness (QED) is 0.845. The maximum absolute atomic E-state index is 12.1. The summed E-state index contributed by atoms with van der Waals surface area (Å²) in [4.78, 5) is 30.5. The Balaban J connectivity index is 2.50. The van der Waals surface area contributed by atoms with Crippen LogP contribution in [0.2, 0.25) is 0 Å². The molecule has 0 aromatic carbocycles. The lowest BCUT2D eigenvalue weighted by molar-refractivity contribution is 0.0698. The molecule has 0 spiro atoms. The molecule has 2 N–H and O–H groups in total. The number of aromatic amines is 1. The molecule has 2 heterocycles. The summed E-state index contributed by atoms with van der Waals surface area (Å²) in [7, 11) is 0. The van der Waals surface area contributed by atoms with Gasteiger partial charge in [0.15, 0.2) is 4.77 Å². The highest BCUT2D eigenvalue weighted by molar-refractivity contribution is 7.71. The Labute approximate surface area is 119 Å². The lowest BCUT2D eigenvalue weighted by Gasteiger charge is -2.11. The molecule has 1 fully saturated rings. The van der Waals surface area contributed by atoms with Crippen LogP contribution in [-0.4, -0.2) is 25.6 Å². The molecule has 0 saturated heterocycles. The molecule has 1 aliphatic rings. The van der Waals surface area contributed by atoms with Gasteiger partial charge in [-0.3, -0.25) is 9.78 Å². The van der Waals surface area contributed by atoms with Crippen LogP contribution in [0.3, 0.4) is 0 Å². The number of rotatable bonds is 3. The molecule has 104 valence electrons. The first-order valence-electron chi connectivity index (χ1n) is 6.44. The number of aromatic carboxylic acids is 1. The molecular weight excluding hydrogens is 278 g/mol. The summed E-state index contributed by atoms with van der Waals surface area (Å²) in [6.07, 6.45) is 2.02. The Morgan fingerprint density at radius 1 is 1.60 bits per heavy atom. The Kier molecular flexibility index (Phi) is 2.93. The van der Waals surface area contributed by atoms with Gasteiger partial charge in [-0.25, -0.2) is 9.78 Å². The average Bonchev–Trinajstić information content (AvgIpc) is 3.21. The van der Waals surface area contributed by atoms with Gasteiger partial charge in [0.25, 0.3) is 5.56 Å². The van der Waals surface area contributed by atoms with Crippen molar-refractivity contribution < 1.29 is 9.90 Å². The second-order valence-electron chi connectivity index (χ2n) is 4.88. The highest BCUT2D eigenvalue weighted by Gasteiger charge is 2.28. The predicted molar refractivity (Wildman–Crippen MR) is 75.8 cm³/mol. The third-order valence-corrected chi connectivity index (χ3v) is 3.83. The molecule has 0 unspecified atom stereocenters. The molecule has 20 heavy (non-hydrogen) atoms. The molecule has 7 heteroatoms. The third kappa shape index (κ3) is 1.94. The molecule has 6 nitrogen and oxygen atoms in total. The van der Waals surface area contributed by atoms with Crippen molar-refractivity contribution in [1.82, 2.24) is 14.5 Å². The number of fused-ring (bicyclic) bond motifs is 1. The summed E-state index contributed by atoms with van der Waals surface area (Å²) in [6, 6.07) is 1.51. The molecule has 0 amide bonds. The number of aromatic nitrogens is 3. The van der Waals surface area contributed by atoms with Gasteiger partial charge in [0, 0.05) is 18.2 Å². The summed E-state index contributed by atoms with van der Waals surface area (Å²) in [5.41, 5.74) is 0.595. The highest BCUT2D eigenvalue weighted by Crippen LogP contribution is 2.39. The van der Waals surface area contributed by atoms with E-state index < -0.39 is 11.5 Å². The van der Waals surface area contributed by atoms with Crippen LogP contribution in [-0.2, 0) is 6.54 Å². The largest absolute Gasteiger partial charge is 0.478 e. The fourth-order valence-electron chi connectivity index (χ4n) is 2.34. The van der Waals surface area contributed by atoms with Crippen LogP contribution >= 0.6 is 12.2 Å². The molecule has 2 aromatic heterocycles. The van der Waals surface area contributed by atoms with E-state index in [1.165, 1.54) is 6.07 Å². The summed E-state index contributed by atoms with van der Waals surface area (Å²) in [5.74, 6) is -0.819. The van der Waals surface area contributed by atoms with Crippen molar-refractivity contribution in [2.75, 3.05) is 0 Å². The van der Waals surface area contributed by atoms with Crippen molar-refractivity contribution in [3.05, 3.63) is 32.4 Å². The molecule has 0 radical (unpaired) electrons. The number of hydrogen-bond donors (Lipinski definition) is 2. The molecule has 1 saturated carbocycles. The lowest BCUT2D eigenvalue weighted by atomic mass is 10.1. The minimum Gasteiger partial charge on any atom is -0.478 e. The molecule has 0 aliphatic heterocycles. The number of nitrogens with one attached hydrogen (secondary N) is 1. The van der Waals surface area contributed by atoms with Crippen molar-refractivity contribution in [2.24, 2.45) is 0 Å². The first-order chi connectivity index (χ1) is 9.52. The Morgan fingerprint density at radius 3 is 2.85 bits per heavy atom. The zero-order valence-electron chi connectivity index (χ0n) is 10.8. The molecule has 2 aromatic rings. The monoisotopic (exact) mass is 291 g/mol. The van der Waals surface area contributed by atoms with Crippen LogP contribution in [0.5, 0.6) is 0 Å². The second-order valence-corrected chi connectivity index (χ2v) is 5.26. The topological polar surface area (TPSA) is 88.0 Å². The minimum atomic E-state index is -1.12. The van der Waals surface area contributed by atoms with E-state index in [1.807, 2.05) is 6.92 Å². The summed E-state index contributed by atoms with van der Waals surface area (Å²) in [6.45, 7) is 2.39. The van der Waals surface area contributed by atoms with Crippen LogP contribution in [0.1, 0.15) is 41.7 Å². The Morgan fingerprint density at radius 2 is 2.30 bits per heavy atom. The van der Waals surface area contributed by atoms with Crippen molar-refractivity contribution in [3.63, 3.8) is 0 Å². The van der Waals surface area contributed by atoms with Crippen LogP contribution in [0.25, 0.3) is 11.0 Å². The van der Waals surface area contributed by atoms with E-state index >= 15 is 0 Å². The van der Waals surface area contributed by atoms with Crippen LogP contribution in [0.15, 0.2) is 10.9 Å². The zero-order valence-corrected chi connectivity index (χ0v) is 11.7.